The van der Waals surface area contributed by atoms with Crippen LogP contribution in [-0.2, 0) is 13.2 Å². The summed E-state index contributed by atoms with van der Waals surface area (Å²) in [5.41, 5.74) is 5.74. The molecular formula is C34H27N3O4. The molecule has 6 rings (SSSR count). The number of hydrogen-bond acceptors (Lipinski definition) is 6. The van der Waals surface area contributed by atoms with E-state index in [4.69, 9.17) is 9.47 Å². The third-order valence-electron chi connectivity index (χ3n) is 6.64. The zero-order valence-electron chi connectivity index (χ0n) is 22.1. The van der Waals surface area contributed by atoms with Crippen molar-refractivity contribution in [3.63, 3.8) is 0 Å². The van der Waals surface area contributed by atoms with Crippen LogP contribution in [0.1, 0.15) is 31.8 Å². The van der Waals surface area contributed by atoms with Crippen molar-refractivity contribution >= 4 is 34.6 Å². The summed E-state index contributed by atoms with van der Waals surface area (Å²) in [6, 6.07) is 38.5. The molecule has 0 bridgehead atoms. The van der Waals surface area contributed by atoms with Crippen LogP contribution in [0, 0.1) is 0 Å². The van der Waals surface area contributed by atoms with Gasteiger partial charge in [-0.05, 0) is 71.8 Å². The first-order valence-electron chi connectivity index (χ1n) is 13.2. The van der Waals surface area contributed by atoms with Gasteiger partial charge in [-0.15, -0.1) is 0 Å². The summed E-state index contributed by atoms with van der Waals surface area (Å²) in [6.45, 7) is 0.956. The van der Waals surface area contributed by atoms with E-state index in [9.17, 15) is 9.59 Å². The van der Waals surface area contributed by atoms with Crippen molar-refractivity contribution in [2.45, 2.75) is 13.2 Å². The number of imide groups is 1. The Balaban J connectivity index is 1.18. The Bertz CT molecular complexity index is 1540. The Morgan fingerprint density at radius 1 is 0.512 bits per heavy atom. The second kappa shape index (κ2) is 11.7. The molecule has 1 heterocycles. The van der Waals surface area contributed by atoms with E-state index in [1.54, 1.807) is 12.1 Å². The third kappa shape index (κ3) is 6.20. The van der Waals surface area contributed by atoms with E-state index >= 15 is 0 Å². The van der Waals surface area contributed by atoms with Crippen LogP contribution >= 0.6 is 0 Å². The van der Waals surface area contributed by atoms with Crippen LogP contribution in [0.25, 0.3) is 0 Å². The van der Waals surface area contributed by atoms with Gasteiger partial charge in [-0.3, -0.25) is 14.9 Å². The van der Waals surface area contributed by atoms with E-state index in [0.29, 0.717) is 35.7 Å². The van der Waals surface area contributed by atoms with Crippen LogP contribution in [0.2, 0.25) is 0 Å². The van der Waals surface area contributed by atoms with Crippen LogP contribution in [-0.4, -0.2) is 11.8 Å². The quantitative estimate of drug-likeness (QED) is 0.162. The van der Waals surface area contributed by atoms with Gasteiger partial charge in [0.25, 0.3) is 11.8 Å². The summed E-state index contributed by atoms with van der Waals surface area (Å²) < 4.78 is 11.8. The molecular weight excluding hydrogens is 514 g/mol. The molecule has 0 atom stereocenters. The van der Waals surface area contributed by atoms with Crippen LogP contribution in [0.15, 0.2) is 121 Å². The number of carbonyl (C=O) groups is 2. The molecule has 5 aromatic carbocycles. The second-order valence-electron chi connectivity index (χ2n) is 9.57. The first-order chi connectivity index (χ1) is 20.1. The van der Waals surface area contributed by atoms with E-state index in [0.717, 1.165) is 34.0 Å². The van der Waals surface area contributed by atoms with Crippen molar-refractivity contribution in [1.82, 2.24) is 5.32 Å². The minimum absolute atomic E-state index is 0.329. The van der Waals surface area contributed by atoms with E-state index in [-0.39, 0.29) is 0 Å². The molecule has 0 saturated heterocycles. The first-order valence-corrected chi connectivity index (χ1v) is 13.2. The van der Waals surface area contributed by atoms with Gasteiger partial charge < -0.3 is 20.1 Å². The minimum Gasteiger partial charge on any atom is -0.489 e. The molecule has 0 spiro atoms. The molecule has 202 valence electrons. The number of benzene rings is 5. The van der Waals surface area contributed by atoms with E-state index in [2.05, 4.69) is 16.0 Å². The normalized spacial score (nSPS) is 11.9. The average molecular weight is 542 g/mol. The van der Waals surface area contributed by atoms with Gasteiger partial charge in [0.05, 0.1) is 22.5 Å². The standard InChI is InChI=1S/C34H27N3O4/c38-33-29-19-31(35-25-11-15-27(16-12-25)40-21-23-7-3-1-4-8-23)32(20-30(29)34(39)37-33)36-26-13-17-28(18-14-26)41-22-24-9-5-2-6-10-24/h1-20,35-36H,21-22H2,(H,37,38,39). The highest BCUT2D eigenvalue weighted by Gasteiger charge is 2.28. The van der Waals surface area contributed by atoms with Gasteiger partial charge in [0.15, 0.2) is 0 Å². The average Bonchev–Trinajstić information content (AvgIpc) is 3.29. The number of ether oxygens (including phenoxy) is 2. The molecule has 7 nitrogen and oxygen atoms in total. The van der Waals surface area contributed by atoms with Gasteiger partial charge in [-0.25, -0.2) is 0 Å². The van der Waals surface area contributed by atoms with Crippen molar-refractivity contribution in [3.05, 3.63) is 144 Å². The molecule has 7 heteroatoms. The van der Waals surface area contributed by atoms with Crippen molar-refractivity contribution in [3.8, 4) is 11.5 Å². The Morgan fingerprint density at radius 2 is 0.902 bits per heavy atom. The molecule has 3 N–H and O–H groups in total. The monoisotopic (exact) mass is 541 g/mol. The molecule has 0 fully saturated rings. The fourth-order valence-electron chi connectivity index (χ4n) is 4.48. The maximum atomic E-state index is 12.4. The fourth-order valence-corrected chi connectivity index (χ4v) is 4.48. The first kappa shape index (κ1) is 25.7. The van der Waals surface area contributed by atoms with Gasteiger partial charge in [0.1, 0.15) is 24.7 Å². The minimum atomic E-state index is -0.413. The predicted molar refractivity (Wildman–Crippen MR) is 159 cm³/mol. The number of carbonyl (C=O) groups excluding carboxylic acids is 2. The fraction of sp³-hybridized carbons (Fsp3) is 0.0588. The lowest BCUT2D eigenvalue weighted by Crippen LogP contribution is -2.19. The highest BCUT2D eigenvalue weighted by atomic mass is 16.5. The van der Waals surface area contributed by atoms with E-state index in [1.165, 1.54) is 0 Å². The van der Waals surface area contributed by atoms with Gasteiger partial charge in [0.2, 0.25) is 0 Å². The summed E-state index contributed by atoms with van der Waals surface area (Å²) >= 11 is 0. The van der Waals surface area contributed by atoms with Crippen molar-refractivity contribution in [1.29, 1.82) is 0 Å². The zero-order chi connectivity index (χ0) is 28.0. The Labute approximate surface area is 237 Å². The highest BCUT2D eigenvalue weighted by molar-refractivity contribution is 6.22. The number of nitrogens with one attached hydrogen (secondary N) is 3. The van der Waals surface area contributed by atoms with E-state index < -0.39 is 11.8 Å². The van der Waals surface area contributed by atoms with Gasteiger partial charge in [0, 0.05) is 11.4 Å². The van der Waals surface area contributed by atoms with Crippen LogP contribution in [0.5, 0.6) is 11.5 Å². The topological polar surface area (TPSA) is 88.7 Å². The molecule has 2 amide bonds. The van der Waals surface area contributed by atoms with Crippen molar-refractivity contribution in [2.24, 2.45) is 0 Å². The van der Waals surface area contributed by atoms with Crippen molar-refractivity contribution in [2.75, 3.05) is 10.6 Å². The Kier molecular flexibility index (Phi) is 7.32. The SMILES string of the molecule is O=C1NC(=O)c2cc(Nc3ccc(OCc4ccccc4)cc3)c(Nc3ccc(OCc4ccccc4)cc3)cc21. The zero-order valence-corrected chi connectivity index (χ0v) is 22.1. The molecule has 0 aromatic heterocycles. The molecule has 5 aromatic rings. The largest absolute Gasteiger partial charge is 0.489 e. The number of rotatable bonds is 10. The molecule has 0 unspecified atom stereocenters. The number of fused-ring (bicyclic) bond motifs is 1. The lowest BCUT2D eigenvalue weighted by molar-refractivity contribution is 0.0879. The van der Waals surface area contributed by atoms with Crippen LogP contribution in [0.3, 0.4) is 0 Å². The lowest BCUT2D eigenvalue weighted by Gasteiger charge is -2.16. The summed E-state index contributed by atoms with van der Waals surface area (Å²) in [5, 5.41) is 9.12. The number of amides is 2. The van der Waals surface area contributed by atoms with Crippen LogP contribution < -0.4 is 25.4 Å². The Morgan fingerprint density at radius 3 is 1.29 bits per heavy atom. The number of anilines is 4. The van der Waals surface area contributed by atoms with Crippen molar-refractivity contribution < 1.29 is 19.1 Å². The summed E-state index contributed by atoms with van der Waals surface area (Å²) in [6.07, 6.45) is 0. The van der Waals surface area contributed by atoms with Gasteiger partial charge >= 0.3 is 0 Å². The lowest BCUT2D eigenvalue weighted by atomic mass is 10.1. The molecule has 1 aliphatic rings. The molecule has 41 heavy (non-hydrogen) atoms. The summed E-state index contributed by atoms with van der Waals surface area (Å²) in [4.78, 5) is 24.7. The highest BCUT2D eigenvalue weighted by Crippen LogP contribution is 2.34. The Hall–Kier alpha value is -5.56. The van der Waals surface area contributed by atoms with Gasteiger partial charge in [-0.2, -0.15) is 0 Å². The van der Waals surface area contributed by atoms with Gasteiger partial charge in [-0.1, -0.05) is 60.7 Å². The second-order valence-corrected chi connectivity index (χ2v) is 9.57. The molecule has 1 aliphatic heterocycles. The molecule has 0 aliphatic carbocycles. The summed E-state index contributed by atoms with van der Waals surface area (Å²) in [5.74, 6) is 0.658. The predicted octanol–water partition coefficient (Wildman–Crippen LogP) is 7.22. The molecule has 0 saturated carbocycles. The smallest absolute Gasteiger partial charge is 0.259 e. The third-order valence-corrected chi connectivity index (χ3v) is 6.64. The maximum Gasteiger partial charge on any atom is 0.259 e. The van der Waals surface area contributed by atoms with Crippen LogP contribution in [0.4, 0.5) is 22.7 Å². The molecule has 0 radical (unpaired) electrons. The maximum absolute atomic E-state index is 12.4. The summed E-state index contributed by atoms with van der Waals surface area (Å²) in [7, 11) is 0. The van der Waals surface area contributed by atoms with E-state index in [1.807, 2.05) is 109 Å². The number of hydrogen-bond donors (Lipinski definition) is 3.